The van der Waals surface area contributed by atoms with E-state index in [2.05, 4.69) is 6.58 Å². The lowest BCUT2D eigenvalue weighted by molar-refractivity contribution is 0.241. The van der Waals surface area contributed by atoms with Gasteiger partial charge in [0, 0.05) is 12.0 Å². The van der Waals surface area contributed by atoms with Crippen LogP contribution in [0.3, 0.4) is 0 Å². The Morgan fingerprint density at radius 1 is 1.40 bits per heavy atom. The Kier molecular flexibility index (Phi) is 3.89. The first-order chi connectivity index (χ1) is 7.02. The van der Waals surface area contributed by atoms with E-state index in [1.54, 1.807) is 6.08 Å². The number of halogens is 1. The summed E-state index contributed by atoms with van der Waals surface area (Å²) in [5.41, 5.74) is 0.806. The third-order valence-electron chi connectivity index (χ3n) is 2.00. The van der Waals surface area contributed by atoms with E-state index in [1.807, 2.05) is 26.8 Å². The molecule has 0 N–H and O–H groups in total. The van der Waals surface area contributed by atoms with Crippen LogP contribution in [0.15, 0.2) is 30.9 Å². The van der Waals surface area contributed by atoms with Gasteiger partial charge in [-0.3, -0.25) is 0 Å². The Morgan fingerprint density at radius 3 is 2.60 bits per heavy atom. The first-order valence-corrected chi connectivity index (χ1v) is 4.96. The van der Waals surface area contributed by atoms with Crippen molar-refractivity contribution < 1.29 is 9.13 Å². The third-order valence-corrected chi connectivity index (χ3v) is 2.00. The molecular weight excluding hydrogens is 191 g/mol. The fourth-order valence-corrected chi connectivity index (χ4v) is 1.25. The summed E-state index contributed by atoms with van der Waals surface area (Å²) in [6.07, 6.45) is 1.75. The molecule has 0 unspecified atom stereocenters. The lowest BCUT2D eigenvalue weighted by atomic mass is 10.0. The van der Waals surface area contributed by atoms with Crippen LogP contribution in [0.25, 0.3) is 0 Å². The van der Waals surface area contributed by atoms with Crippen molar-refractivity contribution in [2.24, 2.45) is 0 Å². The van der Waals surface area contributed by atoms with Crippen LogP contribution in [0.5, 0.6) is 5.75 Å². The van der Waals surface area contributed by atoms with Gasteiger partial charge in [-0.15, -0.1) is 6.58 Å². The monoisotopic (exact) mass is 207 g/mol. The Morgan fingerprint density at radius 2 is 2.07 bits per heavy atom. The van der Waals surface area contributed by atoms with Crippen LogP contribution in [0.4, 0.5) is 4.39 Å². The molecule has 1 aromatic rings. The van der Waals surface area contributed by atoms with Gasteiger partial charge in [-0.2, -0.15) is 0 Å². The first-order valence-electron chi connectivity index (χ1n) is 4.96. The predicted molar refractivity (Wildman–Crippen MR) is 60.4 cm³/mol. The fraction of sp³-hybridized carbons (Fsp3) is 0.308. The van der Waals surface area contributed by atoms with Gasteiger partial charge in [0.1, 0.15) is 11.6 Å². The molecule has 2 heteroatoms. The lowest BCUT2D eigenvalue weighted by Gasteiger charge is -2.12. The standard InChI is InChI=1S/C13H16FO/c1-5-10(4)11-6-12(14)8-13(7-11)15-9(2)3/h5-9H,1H2,2-4H3. The van der Waals surface area contributed by atoms with Crippen LogP contribution in [0.1, 0.15) is 26.3 Å². The van der Waals surface area contributed by atoms with Crippen LogP contribution in [-0.2, 0) is 0 Å². The van der Waals surface area contributed by atoms with Gasteiger partial charge in [-0.25, -0.2) is 4.39 Å². The van der Waals surface area contributed by atoms with Crippen molar-refractivity contribution in [3.05, 3.63) is 48.2 Å². The second-order valence-corrected chi connectivity index (χ2v) is 3.73. The van der Waals surface area contributed by atoms with Crippen molar-refractivity contribution in [3.8, 4) is 5.75 Å². The van der Waals surface area contributed by atoms with Crippen molar-refractivity contribution in [2.75, 3.05) is 0 Å². The van der Waals surface area contributed by atoms with E-state index in [9.17, 15) is 4.39 Å². The molecule has 1 rings (SSSR count). The van der Waals surface area contributed by atoms with E-state index in [4.69, 9.17) is 4.74 Å². The van der Waals surface area contributed by atoms with E-state index in [0.717, 1.165) is 11.5 Å². The number of benzene rings is 1. The van der Waals surface area contributed by atoms with E-state index < -0.39 is 0 Å². The molecule has 0 fully saturated rings. The summed E-state index contributed by atoms with van der Waals surface area (Å²) in [5.74, 6) is 1.20. The summed E-state index contributed by atoms with van der Waals surface area (Å²) in [7, 11) is 0. The normalized spacial score (nSPS) is 10.8. The lowest BCUT2D eigenvalue weighted by Crippen LogP contribution is -2.06. The molecule has 0 heterocycles. The minimum absolute atomic E-state index is 0.0451. The summed E-state index contributed by atoms with van der Waals surface area (Å²) in [5, 5.41) is 0. The molecule has 1 nitrogen and oxygen atoms in total. The Labute approximate surface area is 90.6 Å². The topological polar surface area (TPSA) is 9.23 Å². The van der Waals surface area contributed by atoms with Crippen molar-refractivity contribution in [1.29, 1.82) is 0 Å². The minimum Gasteiger partial charge on any atom is -0.491 e. The molecule has 0 aliphatic heterocycles. The maximum absolute atomic E-state index is 13.2. The average Bonchev–Trinajstić information content (AvgIpc) is 2.14. The zero-order chi connectivity index (χ0) is 11.4. The Balaban J connectivity index is 2.99. The zero-order valence-electron chi connectivity index (χ0n) is 9.38. The molecule has 0 saturated carbocycles. The maximum Gasteiger partial charge on any atom is 0.127 e. The molecule has 0 saturated heterocycles. The van der Waals surface area contributed by atoms with Gasteiger partial charge in [-0.05, 0) is 31.5 Å². The average molecular weight is 207 g/mol. The number of hydrogen-bond donors (Lipinski definition) is 0. The molecule has 0 aliphatic rings. The van der Waals surface area contributed by atoms with Crippen molar-refractivity contribution in [3.63, 3.8) is 0 Å². The number of rotatable bonds is 4. The summed E-state index contributed by atoms with van der Waals surface area (Å²) in [6.45, 7) is 9.37. The highest BCUT2D eigenvalue weighted by molar-refractivity contribution is 5.40. The van der Waals surface area contributed by atoms with E-state index in [-0.39, 0.29) is 11.9 Å². The summed E-state index contributed by atoms with van der Waals surface area (Å²) in [4.78, 5) is 0. The van der Waals surface area contributed by atoms with Crippen LogP contribution in [0.2, 0.25) is 0 Å². The fourth-order valence-electron chi connectivity index (χ4n) is 1.25. The molecule has 0 aromatic heterocycles. The Hall–Kier alpha value is -1.31. The van der Waals surface area contributed by atoms with E-state index in [1.165, 1.54) is 12.1 Å². The highest BCUT2D eigenvalue weighted by Gasteiger charge is 2.07. The van der Waals surface area contributed by atoms with Crippen molar-refractivity contribution in [2.45, 2.75) is 26.9 Å². The van der Waals surface area contributed by atoms with Gasteiger partial charge < -0.3 is 4.74 Å². The van der Waals surface area contributed by atoms with Gasteiger partial charge in [0.15, 0.2) is 0 Å². The van der Waals surface area contributed by atoms with Gasteiger partial charge in [0.2, 0.25) is 0 Å². The smallest absolute Gasteiger partial charge is 0.127 e. The molecule has 1 radical (unpaired) electrons. The van der Waals surface area contributed by atoms with Gasteiger partial charge in [0.05, 0.1) is 6.10 Å². The second-order valence-electron chi connectivity index (χ2n) is 3.73. The number of ether oxygens (including phenoxy) is 1. The predicted octanol–water partition coefficient (Wildman–Crippen LogP) is 3.74. The largest absolute Gasteiger partial charge is 0.491 e. The number of hydrogen-bond acceptors (Lipinski definition) is 1. The summed E-state index contributed by atoms with van der Waals surface area (Å²) < 4.78 is 18.7. The van der Waals surface area contributed by atoms with Gasteiger partial charge in [-0.1, -0.05) is 13.0 Å². The molecule has 0 aliphatic carbocycles. The SMILES string of the molecule is C=C[C](C)c1cc(F)cc(OC(C)C)c1. The summed E-state index contributed by atoms with van der Waals surface area (Å²) in [6, 6.07) is 4.68. The highest BCUT2D eigenvalue weighted by atomic mass is 19.1. The van der Waals surface area contributed by atoms with Crippen LogP contribution in [-0.4, -0.2) is 6.10 Å². The number of allylic oxidation sites excluding steroid dienone is 1. The highest BCUT2D eigenvalue weighted by Crippen LogP contribution is 2.23. The van der Waals surface area contributed by atoms with Crippen molar-refractivity contribution >= 4 is 0 Å². The summed E-state index contributed by atoms with van der Waals surface area (Å²) >= 11 is 0. The first kappa shape index (κ1) is 11.8. The zero-order valence-corrected chi connectivity index (χ0v) is 9.38. The van der Waals surface area contributed by atoms with Gasteiger partial charge >= 0.3 is 0 Å². The minimum atomic E-state index is -0.288. The second kappa shape index (κ2) is 4.96. The molecular formula is C13H16FO. The van der Waals surface area contributed by atoms with E-state index >= 15 is 0 Å². The van der Waals surface area contributed by atoms with Crippen LogP contribution in [0, 0.1) is 11.7 Å². The molecule has 81 valence electrons. The molecule has 0 atom stereocenters. The molecule has 15 heavy (non-hydrogen) atoms. The maximum atomic E-state index is 13.2. The van der Waals surface area contributed by atoms with Crippen LogP contribution >= 0.6 is 0 Å². The van der Waals surface area contributed by atoms with Gasteiger partial charge in [0.25, 0.3) is 0 Å². The van der Waals surface area contributed by atoms with Crippen LogP contribution < -0.4 is 4.74 Å². The van der Waals surface area contributed by atoms with Crippen molar-refractivity contribution in [1.82, 2.24) is 0 Å². The molecule has 0 bridgehead atoms. The molecule has 0 spiro atoms. The third kappa shape index (κ3) is 3.39. The Bertz CT molecular complexity index is 344. The molecule has 0 amide bonds. The molecule has 1 aromatic carbocycles. The quantitative estimate of drug-likeness (QED) is 0.730. The van der Waals surface area contributed by atoms with E-state index in [0.29, 0.717) is 5.75 Å².